The van der Waals surface area contributed by atoms with E-state index in [0.717, 1.165) is 17.0 Å². The van der Waals surface area contributed by atoms with Crippen LogP contribution in [0.3, 0.4) is 0 Å². The van der Waals surface area contributed by atoms with Crippen molar-refractivity contribution in [1.29, 1.82) is 0 Å². The second kappa shape index (κ2) is 7.32. The molecular formula is C18H22N2O3S. The summed E-state index contributed by atoms with van der Waals surface area (Å²) in [6, 6.07) is 13.1. The molecule has 0 atom stereocenters. The lowest BCUT2D eigenvalue weighted by Crippen LogP contribution is -2.42. The standard InChI is InChI=1S/C18H22N2O3S/c1-15-7-8-18(13-19-15)23-17-9-11-20(12-10-17)24(21,22)14-16-5-3-2-4-6-16/h2-8,13,17H,9-12,14H2,1H3. The normalized spacial score (nSPS) is 16.9. The number of nitrogens with zero attached hydrogens (tertiary/aromatic N) is 2. The van der Waals surface area contributed by atoms with E-state index >= 15 is 0 Å². The molecule has 24 heavy (non-hydrogen) atoms. The molecule has 0 bridgehead atoms. The zero-order valence-corrected chi connectivity index (χ0v) is 14.6. The number of sulfonamides is 1. The molecule has 2 aromatic rings. The second-order valence-electron chi connectivity index (χ2n) is 6.09. The maximum Gasteiger partial charge on any atom is 0.218 e. The van der Waals surface area contributed by atoms with Crippen molar-refractivity contribution in [3.63, 3.8) is 0 Å². The maximum absolute atomic E-state index is 12.5. The monoisotopic (exact) mass is 346 g/mol. The van der Waals surface area contributed by atoms with E-state index in [1.54, 1.807) is 10.5 Å². The molecule has 1 fully saturated rings. The highest BCUT2D eigenvalue weighted by Gasteiger charge is 2.28. The number of hydrogen-bond acceptors (Lipinski definition) is 4. The molecule has 0 N–H and O–H groups in total. The fourth-order valence-corrected chi connectivity index (χ4v) is 4.38. The number of rotatable bonds is 5. The third kappa shape index (κ3) is 4.33. The van der Waals surface area contributed by atoms with Gasteiger partial charge in [0.1, 0.15) is 11.9 Å². The van der Waals surface area contributed by atoms with Crippen LogP contribution in [-0.4, -0.2) is 36.9 Å². The summed E-state index contributed by atoms with van der Waals surface area (Å²) in [5, 5.41) is 0. The van der Waals surface area contributed by atoms with Crippen LogP contribution in [0.1, 0.15) is 24.1 Å². The van der Waals surface area contributed by atoms with Crippen LogP contribution in [0.15, 0.2) is 48.7 Å². The lowest BCUT2D eigenvalue weighted by Gasteiger charge is -2.31. The van der Waals surface area contributed by atoms with E-state index in [0.29, 0.717) is 25.9 Å². The Hall–Kier alpha value is -1.92. The number of aryl methyl sites for hydroxylation is 1. The summed E-state index contributed by atoms with van der Waals surface area (Å²) in [6.07, 6.45) is 3.15. The molecule has 3 rings (SSSR count). The number of hydrogen-bond donors (Lipinski definition) is 0. The van der Waals surface area contributed by atoms with Crippen LogP contribution in [0.2, 0.25) is 0 Å². The highest BCUT2D eigenvalue weighted by atomic mass is 32.2. The van der Waals surface area contributed by atoms with Gasteiger partial charge in [-0.3, -0.25) is 4.98 Å². The van der Waals surface area contributed by atoms with Crippen LogP contribution in [0.4, 0.5) is 0 Å². The Kier molecular flexibility index (Phi) is 5.16. The Morgan fingerprint density at radius 3 is 2.46 bits per heavy atom. The van der Waals surface area contributed by atoms with Crippen molar-refractivity contribution in [3.8, 4) is 5.75 Å². The van der Waals surface area contributed by atoms with Crippen LogP contribution in [0.5, 0.6) is 5.75 Å². The van der Waals surface area contributed by atoms with E-state index in [1.165, 1.54) is 0 Å². The lowest BCUT2D eigenvalue weighted by atomic mass is 10.1. The zero-order valence-electron chi connectivity index (χ0n) is 13.8. The first-order valence-electron chi connectivity index (χ1n) is 8.14. The summed E-state index contributed by atoms with van der Waals surface area (Å²) in [4.78, 5) is 4.21. The first-order chi connectivity index (χ1) is 11.5. The topological polar surface area (TPSA) is 59.5 Å². The number of aromatic nitrogens is 1. The van der Waals surface area contributed by atoms with E-state index in [9.17, 15) is 8.42 Å². The molecule has 0 radical (unpaired) electrons. The third-order valence-corrected chi connectivity index (χ3v) is 6.02. The van der Waals surface area contributed by atoms with Crippen LogP contribution in [0.25, 0.3) is 0 Å². The number of ether oxygens (including phenoxy) is 1. The predicted molar refractivity (Wildman–Crippen MR) is 93.3 cm³/mol. The quantitative estimate of drug-likeness (QED) is 0.835. The summed E-state index contributed by atoms with van der Waals surface area (Å²) >= 11 is 0. The highest BCUT2D eigenvalue weighted by molar-refractivity contribution is 7.88. The van der Waals surface area contributed by atoms with Crippen LogP contribution < -0.4 is 4.74 Å². The molecule has 1 saturated heterocycles. The van der Waals surface area contributed by atoms with Crippen LogP contribution in [-0.2, 0) is 15.8 Å². The molecule has 1 aromatic heterocycles. The maximum atomic E-state index is 12.5. The van der Waals surface area contributed by atoms with E-state index in [2.05, 4.69) is 4.98 Å². The Balaban J connectivity index is 1.55. The molecule has 5 nitrogen and oxygen atoms in total. The van der Waals surface area contributed by atoms with E-state index in [-0.39, 0.29) is 11.9 Å². The van der Waals surface area contributed by atoms with Gasteiger partial charge < -0.3 is 4.74 Å². The van der Waals surface area contributed by atoms with Gasteiger partial charge in [-0.1, -0.05) is 30.3 Å². The largest absolute Gasteiger partial charge is 0.489 e. The molecule has 0 spiro atoms. The molecule has 2 heterocycles. The molecule has 0 amide bonds. The van der Waals surface area contributed by atoms with Gasteiger partial charge in [-0.25, -0.2) is 12.7 Å². The fourth-order valence-electron chi connectivity index (χ4n) is 2.82. The van der Waals surface area contributed by atoms with Crippen molar-refractivity contribution in [2.75, 3.05) is 13.1 Å². The first-order valence-corrected chi connectivity index (χ1v) is 9.75. The molecule has 0 aliphatic carbocycles. The zero-order chi connectivity index (χ0) is 17.0. The van der Waals surface area contributed by atoms with Crippen LogP contribution in [0, 0.1) is 6.92 Å². The molecule has 1 aliphatic heterocycles. The van der Waals surface area contributed by atoms with E-state index in [4.69, 9.17) is 4.74 Å². The summed E-state index contributed by atoms with van der Waals surface area (Å²) in [7, 11) is -3.27. The van der Waals surface area contributed by atoms with Gasteiger partial charge in [-0.05, 0) is 37.5 Å². The minimum Gasteiger partial charge on any atom is -0.489 e. The molecule has 0 unspecified atom stereocenters. The average Bonchev–Trinajstić information content (AvgIpc) is 2.58. The Morgan fingerprint density at radius 2 is 1.83 bits per heavy atom. The van der Waals surface area contributed by atoms with Crippen molar-refractivity contribution in [1.82, 2.24) is 9.29 Å². The SMILES string of the molecule is Cc1ccc(OC2CCN(S(=O)(=O)Cc3ccccc3)CC2)cn1. The number of pyridine rings is 1. The van der Waals surface area contributed by atoms with Crippen molar-refractivity contribution >= 4 is 10.0 Å². The van der Waals surface area contributed by atoms with Crippen molar-refractivity contribution < 1.29 is 13.2 Å². The van der Waals surface area contributed by atoms with Crippen LogP contribution >= 0.6 is 0 Å². The second-order valence-corrected chi connectivity index (χ2v) is 8.06. The minimum absolute atomic E-state index is 0.0395. The molecule has 0 saturated carbocycles. The Labute approximate surface area is 143 Å². The van der Waals surface area contributed by atoms with Gasteiger partial charge in [0.15, 0.2) is 0 Å². The molecule has 1 aromatic carbocycles. The van der Waals surface area contributed by atoms with Gasteiger partial charge in [0.2, 0.25) is 10.0 Å². The van der Waals surface area contributed by atoms with Crippen molar-refractivity contribution in [2.24, 2.45) is 0 Å². The average molecular weight is 346 g/mol. The molecule has 128 valence electrons. The molecule has 1 aliphatic rings. The van der Waals surface area contributed by atoms with Crippen molar-refractivity contribution in [3.05, 3.63) is 59.9 Å². The Morgan fingerprint density at radius 1 is 1.12 bits per heavy atom. The Bertz CT molecular complexity index is 753. The number of benzene rings is 1. The predicted octanol–water partition coefficient (Wildman–Crippen LogP) is 2.76. The lowest BCUT2D eigenvalue weighted by molar-refractivity contribution is 0.134. The summed E-state index contributed by atoms with van der Waals surface area (Å²) in [5.74, 6) is 0.799. The fraction of sp³-hybridized carbons (Fsp3) is 0.389. The highest BCUT2D eigenvalue weighted by Crippen LogP contribution is 2.21. The van der Waals surface area contributed by atoms with Crippen molar-refractivity contribution in [2.45, 2.75) is 31.6 Å². The van der Waals surface area contributed by atoms with Gasteiger partial charge in [0.25, 0.3) is 0 Å². The van der Waals surface area contributed by atoms with E-state index < -0.39 is 10.0 Å². The van der Waals surface area contributed by atoms with E-state index in [1.807, 2.05) is 49.4 Å². The summed E-state index contributed by atoms with van der Waals surface area (Å²) in [5.41, 5.74) is 1.77. The van der Waals surface area contributed by atoms with Gasteiger partial charge in [-0.15, -0.1) is 0 Å². The van der Waals surface area contributed by atoms with Gasteiger partial charge in [0, 0.05) is 18.8 Å². The van der Waals surface area contributed by atoms with Gasteiger partial charge in [0.05, 0.1) is 11.9 Å². The smallest absolute Gasteiger partial charge is 0.218 e. The van der Waals surface area contributed by atoms with Gasteiger partial charge in [-0.2, -0.15) is 0 Å². The number of piperidine rings is 1. The summed E-state index contributed by atoms with van der Waals surface area (Å²) < 4.78 is 32.5. The first kappa shape index (κ1) is 16.9. The molecular weight excluding hydrogens is 324 g/mol. The molecule has 6 heteroatoms. The van der Waals surface area contributed by atoms with Gasteiger partial charge >= 0.3 is 0 Å². The third-order valence-electron chi connectivity index (χ3n) is 4.17. The summed E-state index contributed by atoms with van der Waals surface area (Å²) in [6.45, 7) is 2.93. The minimum atomic E-state index is -3.27.